The van der Waals surface area contributed by atoms with Gasteiger partial charge in [-0.1, -0.05) is 6.92 Å². The molecule has 1 amide bonds. The topological polar surface area (TPSA) is 49.8 Å². The number of hydrogen-bond acceptors (Lipinski definition) is 3. The van der Waals surface area contributed by atoms with Crippen molar-refractivity contribution < 1.29 is 14.6 Å². The number of aliphatic hydroxyl groups is 1. The molecule has 0 bridgehead atoms. The fourth-order valence-electron chi connectivity index (χ4n) is 2.35. The van der Waals surface area contributed by atoms with Crippen molar-refractivity contribution in [3.8, 4) is 0 Å². The van der Waals surface area contributed by atoms with E-state index in [9.17, 15) is 4.79 Å². The van der Waals surface area contributed by atoms with Gasteiger partial charge in [-0.25, -0.2) is 4.79 Å². The average molecular weight is 257 g/mol. The minimum absolute atomic E-state index is 0.179. The fourth-order valence-corrected chi connectivity index (χ4v) is 2.35. The highest BCUT2D eigenvalue weighted by atomic mass is 16.6. The lowest BCUT2D eigenvalue weighted by Crippen LogP contribution is -2.46. The van der Waals surface area contributed by atoms with Crippen LogP contribution in [0.15, 0.2) is 0 Å². The summed E-state index contributed by atoms with van der Waals surface area (Å²) in [6.07, 6.45) is 3.86. The van der Waals surface area contributed by atoms with Gasteiger partial charge in [-0.2, -0.15) is 0 Å². The van der Waals surface area contributed by atoms with Crippen LogP contribution in [-0.4, -0.2) is 40.9 Å². The van der Waals surface area contributed by atoms with E-state index in [1.54, 1.807) is 0 Å². The highest BCUT2D eigenvalue weighted by Crippen LogP contribution is 2.24. The minimum atomic E-state index is -0.443. The van der Waals surface area contributed by atoms with Crippen molar-refractivity contribution in [2.75, 3.05) is 13.2 Å². The van der Waals surface area contributed by atoms with Gasteiger partial charge in [0.25, 0.3) is 0 Å². The Labute approximate surface area is 110 Å². The smallest absolute Gasteiger partial charge is 0.410 e. The van der Waals surface area contributed by atoms with Crippen LogP contribution in [0.5, 0.6) is 0 Å². The average Bonchev–Trinajstić information content (AvgIpc) is 2.27. The molecule has 1 heterocycles. The molecule has 18 heavy (non-hydrogen) atoms. The Hall–Kier alpha value is -0.770. The molecule has 1 unspecified atom stereocenters. The molecule has 1 fully saturated rings. The Morgan fingerprint density at radius 3 is 2.67 bits per heavy atom. The van der Waals surface area contributed by atoms with Crippen LogP contribution < -0.4 is 0 Å². The van der Waals surface area contributed by atoms with Gasteiger partial charge in [-0.15, -0.1) is 0 Å². The summed E-state index contributed by atoms with van der Waals surface area (Å²) in [6.45, 7) is 8.64. The number of rotatable bonds is 3. The molecule has 0 spiro atoms. The third-order valence-electron chi connectivity index (χ3n) is 3.24. The molecule has 1 N–H and O–H groups in total. The second-order valence-corrected chi connectivity index (χ2v) is 6.35. The summed E-state index contributed by atoms with van der Waals surface area (Å²) in [5, 5.41) is 9.14. The van der Waals surface area contributed by atoms with Crippen molar-refractivity contribution in [2.24, 2.45) is 5.92 Å². The molecule has 0 aliphatic carbocycles. The van der Waals surface area contributed by atoms with Crippen LogP contribution in [-0.2, 0) is 4.74 Å². The lowest BCUT2D eigenvalue weighted by molar-refractivity contribution is 0.00599. The van der Waals surface area contributed by atoms with Crippen LogP contribution in [0.2, 0.25) is 0 Å². The largest absolute Gasteiger partial charge is 0.444 e. The van der Waals surface area contributed by atoms with E-state index in [4.69, 9.17) is 9.84 Å². The van der Waals surface area contributed by atoms with E-state index in [-0.39, 0.29) is 24.7 Å². The summed E-state index contributed by atoms with van der Waals surface area (Å²) < 4.78 is 5.45. The third kappa shape index (κ3) is 4.84. The van der Waals surface area contributed by atoms with Crippen molar-refractivity contribution in [3.05, 3.63) is 0 Å². The van der Waals surface area contributed by atoms with Gasteiger partial charge in [0.05, 0.1) is 0 Å². The number of aliphatic hydroxyl groups excluding tert-OH is 1. The second-order valence-electron chi connectivity index (χ2n) is 6.35. The number of piperidine rings is 1. The zero-order chi connectivity index (χ0) is 13.8. The van der Waals surface area contributed by atoms with Gasteiger partial charge in [-0.3, -0.25) is 0 Å². The summed E-state index contributed by atoms with van der Waals surface area (Å²) in [7, 11) is 0. The second kappa shape index (κ2) is 6.41. The first-order valence-electron chi connectivity index (χ1n) is 6.94. The maximum Gasteiger partial charge on any atom is 0.410 e. The number of amides is 1. The van der Waals surface area contributed by atoms with Gasteiger partial charge < -0.3 is 14.7 Å². The van der Waals surface area contributed by atoms with Gasteiger partial charge in [0.2, 0.25) is 0 Å². The molecule has 4 nitrogen and oxygen atoms in total. The quantitative estimate of drug-likeness (QED) is 0.845. The maximum absolute atomic E-state index is 12.1. The lowest BCUT2D eigenvalue weighted by atomic mass is 9.94. The highest BCUT2D eigenvalue weighted by Gasteiger charge is 2.30. The Kier molecular flexibility index (Phi) is 5.45. The van der Waals surface area contributed by atoms with Crippen LogP contribution in [0.3, 0.4) is 0 Å². The Balaban J connectivity index is 2.61. The maximum atomic E-state index is 12.1. The molecule has 2 atom stereocenters. The molecule has 0 radical (unpaired) electrons. The van der Waals surface area contributed by atoms with E-state index in [2.05, 4.69) is 0 Å². The zero-order valence-corrected chi connectivity index (χ0v) is 12.1. The van der Waals surface area contributed by atoms with Gasteiger partial charge in [0.15, 0.2) is 0 Å². The van der Waals surface area contributed by atoms with Crippen LogP contribution in [0.25, 0.3) is 0 Å². The molecule has 1 aliphatic heterocycles. The predicted octanol–water partition coefficient (Wildman–Crippen LogP) is 2.79. The zero-order valence-electron chi connectivity index (χ0n) is 12.1. The van der Waals surface area contributed by atoms with Crippen molar-refractivity contribution in [3.63, 3.8) is 0 Å². The summed E-state index contributed by atoms with van der Waals surface area (Å²) in [5.74, 6) is 0.234. The number of likely N-dealkylation sites (tertiary alicyclic amines) is 1. The Morgan fingerprint density at radius 1 is 1.44 bits per heavy atom. The summed E-state index contributed by atoms with van der Waals surface area (Å²) >= 11 is 0. The van der Waals surface area contributed by atoms with E-state index in [0.29, 0.717) is 0 Å². The predicted molar refractivity (Wildman–Crippen MR) is 71.4 cm³/mol. The summed E-state index contributed by atoms with van der Waals surface area (Å²) in [5.41, 5.74) is -0.443. The molecule has 106 valence electrons. The van der Waals surface area contributed by atoms with E-state index >= 15 is 0 Å². The Bertz CT molecular complexity index is 273. The van der Waals surface area contributed by atoms with Gasteiger partial charge in [-0.05, 0) is 52.4 Å². The SMILES string of the molecule is CC(CO)C[C@@H]1CCCCN1C(=O)OC(C)(C)C. The van der Waals surface area contributed by atoms with E-state index < -0.39 is 5.60 Å². The molecule has 1 aliphatic rings. The molecule has 0 saturated carbocycles. The number of carbonyl (C=O) groups excluding carboxylic acids is 1. The first kappa shape index (κ1) is 15.3. The molecular formula is C14H27NO3. The molecule has 1 rings (SSSR count). The molecule has 0 aromatic heterocycles. The normalized spacial score (nSPS) is 22.7. The van der Waals surface area contributed by atoms with Crippen molar-refractivity contribution in [2.45, 2.75) is 65.0 Å². The highest BCUT2D eigenvalue weighted by molar-refractivity contribution is 5.68. The van der Waals surface area contributed by atoms with Crippen LogP contribution >= 0.6 is 0 Å². The Morgan fingerprint density at radius 2 is 2.11 bits per heavy atom. The van der Waals surface area contributed by atoms with E-state index in [1.807, 2.05) is 32.6 Å². The van der Waals surface area contributed by atoms with Crippen LogP contribution in [0.1, 0.15) is 53.4 Å². The molecular weight excluding hydrogens is 230 g/mol. The summed E-state index contributed by atoms with van der Waals surface area (Å²) in [4.78, 5) is 14.0. The van der Waals surface area contributed by atoms with Crippen molar-refractivity contribution >= 4 is 6.09 Å². The molecule has 4 heteroatoms. The van der Waals surface area contributed by atoms with E-state index in [0.717, 1.165) is 32.2 Å². The van der Waals surface area contributed by atoms with Crippen LogP contribution in [0, 0.1) is 5.92 Å². The lowest BCUT2D eigenvalue weighted by Gasteiger charge is -2.37. The first-order chi connectivity index (χ1) is 8.33. The third-order valence-corrected chi connectivity index (χ3v) is 3.24. The van der Waals surface area contributed by atoms with E-state index in [1.165, 1.54) is 0 Å². The van der Waals surface area contributed by atoms with Gasteiger partial charge >= 0.3 is 6.09 Å². The minimum Gasteiger partial charge on any atom is -0.444 e. The van der Waals surface area contributed by atoms with Gasteiger partial charge in [0, 0.05) is 19.2 Å². The fraction of sp³-hybridized carbons (Fsp3) is 0.929. The number of hydrogen-bond donors (Lipinski definition) is 1. The van der Waals surface area contributed by atoms with Crippen LogP contribution in [0.4, 0.5) is 4.79 Å². The first-order valence-corrected chi connectivity index (χ1v) is 6.94. The molecule has 1 saturated heterocycles. The van der Waals surface area contributed by atoms with Crippen molar-refractivity contribution in [1.29, 1.82) is 0 Å². The monoisotopic (exact) mass is 257 g/mol. The van der Waals surface area contributed by atoms with Gasteiger partial charge in [0.1, 0.15) is 5.60 Å². The summed E-state index contributed by atoms with van der Waals surface area (Å²) in [6, 6.07) is 0.218. The molecule has 0 aromatic carbocycles. The van der Waals surface area contributed by atoms with Crippen molar-refractivity contribution in [1.82, 2.24) is 4.90 Å². The number of ether oxygens (including phenoxy) is 1. The molecule has 0 aromatic rings. The standard InChI is InChI=1S/C14H27NO3/c1-11(10-16)9-12-7-5-6-8-15(12)13(17)18-14(2,3)4/h11-12,16H,5-10H2,1-4H3/t11?,12-/m0/s1. The number of nitrogens with zero attached hydrogens (tertiary/aromatic N) is 1. The number of carbonyl (C=O) groups is 1.